The van der Waals surface area contributed by atoms with Gasteiger partial charge in [-0.2, -0.15) is 0 Å². The Bertz CT molecular complexity index is 638. The first kappa shape index (κ1) is 14.8. The van der Waals surface area contributed by atoms with Crippen LogP contribution in [0.1, 0.15) is 50.0 Å². The Balaban J connectivity index is 1.67. The molecule has 0 aromatic carbocycles. The Hall–Kier alpha value is -2.17. The second kappa shape index (κ2) is 5.91. The van der Waals surface area contributed by atoms with E-state index in [4.69, 9.17) is 0 Å². The van der Waals surface area contributed by atoms with Gasteiger partial charge < -0.3 is 9.88 Å². The molecule has 5 nitrogen and oxygen atoms in total. The molecule has 3 rings (SSSR count). The van der Waals surface area contributed by atoms with Crippen LogP contribution in [0.4, 0.5) is 0 Å². The van der Waals surface area contributed by atoms with E-state index in [9.17, 15) is 4.79 Å². The van der Waals surface area contributed by atoms with Gasteiger partial charge in [0.05, 0.1) is 12.0 Å². The summed E-state index contributed by atoms with van der Waals surface area (Å²) in [6, 6.07) is 3.92. The van der Waals surface area contributed by atoms with E-state index >= 15 is 0 Å². The van der Waals surface area contributed by atoms with Crippen molar-refractivity contribution in [2.24, 2.45) is 5.41 Å². The Morgan fingerprint density at radius 2 is 2.09 bits per heavy atom. The van der Waals surface area contributed by atoms with Crippen molar-refractivity contribution in [2.75, 3.05) is 0 Å². The Morgan fingerprint density at radius 1 is 1.32 bits per heavy atom. The maximum absolute atomic E-state index is 12.4. The van der Waals surface area contributed by atoms with Crippen LogP contribution in [0.25, 0.3) is 5.69 Å². The van der Waals surface area contributed by atoms with Crippen molar-refractivity contribution >= 4 is 5.91 Å². The van der Waals surface area contributed by atoms with Gasteiger partial charge in [0.15, 0.2) is 0 Å². The summed E-state index contributed by atoms with van der Waals surface area (Å²) in [6.07, 6.45) is 11.3. The molecule has 2 aromatic heterocycles. The average molecular weight is 298 g/mol. The van der Waals surface area contributed by atoms with Gasteiger partial charge in [0.1, 0.15) is 5.69 Å². The molecule has 116 valence electrons. The molecule has 22 heavy (non-hydrogen) atoms. The number of carbonyl (C=O) groups is 1. The van der Waals surface area contributed by atoms with Crippen LogP contribution < -0.4 is 5.32 Å². The van der Waals surface area contributed by atoms with E-state index in [0.717, 1.165) is 31.4 Å². The van der Waals surface area contributed by atoms with Gasteiger partial charge in [0.25, 0.3) is 5.91 Å². The second-order valence-corrected chi connectivity index (χ2v) is 6.78. The maximum atomic E-state index is 12.4. The topological polar surface area (TPSA) is 59.8 Å². The minimum absolute atomic E-state index is 0.0910. The van der Waals surface area contributed by atoms with Crippen molar-refractivity contribution in [3.63, 3.8) is 0 Å². The van der Waals surface area contributed by atoms with Gasteiger partial charge in [-0.25, -0.2) is 4.98 Å². The van der Waals surface area contributed by atoms with Crippen LogP contribution in [0.15, 0.2) is 37.1 Å². The van der Waals surface area contributed by atoms with Gasteiger partial charge in [0.2, 0.25) is 0 Å². The minimum Gasteiger partial charge on any atom is -0.348 e. The molecule has 0 radical (unpaired) electrons. The van der Waals surface area contributed by atoms with Gasteiger partial charge in [-0.1, -0.05) is 13.8 Å². The monoisotopic (exact) mass is 298 g/mol. The number of nitrogens with zero attached hydrogens (tertiary/aromatic N) is 3. The first-order valence-corrected chi connectivity index (χ1v) is 7.79. The second-order valence-electron chi connectivity index (χ2n) is 6.78. The summed E-state index contributed by atoms with van der Waals surface area (Å²) < 4.78 is 1.86. The average Bonchev–Trinajstić information content (AvgIpc) is 3.04. The third kappa shape index (κ3) is 3.35. The molecule has 1 aliphatic carbocycles. The highest BCUT2D eigenvalue weighted by molar-refractivity contribution is 5.92. The Morgan fingerprint density at radius 3 is 2.77 bits per heavy atom. The molecule has 1 N–H and O–H groups in total. The van der Waals surface area contributed by atoms with E-state index in [1.165, 1.54) is 0 Å². The molecule has 0 atom stereocenters. The van der Waals surface area contributed by atoms with Crippen LogP contribution in [-0.4, -0.2) is 26.5 Å². The van der Waals surface area contributed by atoms with Crippen LogP contribution in [0.3, 0.4) is 0 Å². The van der Waals surface area contributed by atoms with Crippen molar-refractivity contribution in [3.8, 4) is 5.69 Å². The summed E-state index contributed by atoms with van der Waals surface area (Å²) in [6.45, 7) is 4.59. The van der Waals surface area contributed by atoms with Crippen LogP contribution in [0.2, 0.25) is 0 Å². The van der Waals surface area contributed by atoms with E-state index in [1.54, 1.807) is 24.8 Å². The smallest absolute Gasteiger partial charge is 0.270 e. The molecule has 2 aromatic rings. The largest absolute Gasteiger partial charge is 0.348 e. The van der Waals surface area contributed by atoms with Crippen LogP contribution in [-0.2, 0) is 0 Å². The number of pyridine rings is 1. The number of hydrogen-bond donors (Lipinski definition) is 1. The molecule has 1 aliphatic rings. The SMILES string of the molecule is CC1(C)CCC(NC(=O)c2cc(-n3ccnc3)ccn2)CC1. The molecule has 0 unspecified atom stereocenters. The van der Waals surface area contributed by atoms with Crippen molar-refractivity contribution < 1.29 is 4.79 Å². The standard InChI is InChI=1S/C17H22N4O/c1-17(2)6-3-13(4-7-17)20-16(22)15-11-14(5-8-19-15)21-10-9-18-12-21/h5,8-13H,3-4,6-7H2,1-2H3,(H,20,22). The van der Waals surface area contributed by atoms with E-state index in [-0.39, 0.29) is 11.9 Å². The molecule has 0 aliphatic heterocycles. The number of amides is 1. The predicted molar refractivity (Wildman–Crippen MR) is 84.9 cm³/mol. The fourth-order valence-electron chi connectivity index (χ4n) is 2.92. The number of nitrogens with one attached hydrogen (secondary N) is 1. The summed E-state index contributed by atoms with van der Waals surface area (Å²) in [5.41, 5.74) is 1.75. The lowest BCUT2D eigenvalue weighted by molar-refractivity contribution is 0.0904. The highest BCUT2D eigenvalue weighted by Gasteiger charge is 2.27. The van der Waals surface area contributed by atoms with E-state index in [2.05, 4.69) is 29.1 Å². The first-order valence-electron chi connectivity index (χ1n) is 7.79. The molecule has 0 spiro atoms. The van der Waals surface area contributed by atoms with Gasteiger partial charge in [-0.3, -0.25) is 9.78 Å². The van der Waals surface area contributed by atoms with Gasteiger partial charge >= 0.3 is 0 Å². The van der Waals surface area contributed by atoms with Crippen molar-refractivity contribution in [3.05, 3.63) is 42.7 Å². The molecule has 5 heteroatoms. The lowest BCUT2D eigenvalue weighted by Gasteiger charge is -2.34. The summed E-state index contributed by atoms with van der Waals surface area (Å²) in [7, 11) is 0. The number of aromatic nitrogens is 3. The fourth-order valence-corrected chi connectivity index (χ4v) is 2.92. The normalized spacial score (nSPS) is 18.1. The summed E-state index contributed by atoms with van der Waals surface area (Å²) in [4.78, 5) is 20.6. The first-order chi connectivity index (χ1) is 10.5. The number of hydrogen-bond acceptors (Lipinski definition) is 3. The Labute approximate surface area is 130 Å². The predicted octanol–water partition coefficient (Wildman–Crippen LogP) is 2.97. The number of imidazole rings is 1. The van der Waals surface area contributed by atoms with Crippen LogP contribution in [0.5, 0.6) is 0 Å². The molecule has 2 heterocycles. The molecule has 1 fully saturated rings. The highest BCUT2D eigenvalue weighted by Crippen LogP contribution is 2.35. The molecule has 0 saturated heterocycles. The third-order valence-corrected chi connectivity index (χ3v) is 4.45. The van der Waals surface area contributed by atoms with Crippen molar-refractivity contribution in [2.45, 2.75) is 45.6 Å². The summed E-state index contributed by atoms with van der Waals surface area (Å²) in [5, 5.41) is 3.12. The molecule has 1 amide bonds. The highest BCUT2D eigenvalue weighted by atomic mass is 16.1. The van der Waals surface area contributed by atoms with Gasteiger partial charge in [-0.15, -0.1) is 0 Å². The summed E-state index contributed by atoms with van der Waals surface area (Å²) >= 11 is 0. The van der Waals surface area contributed by atoms with Gasteiger partial charge in [-0.05, 0) is 43.2 Å². The third-order valence-electron chi connectivity index (χ3n) is 4.45. The van der Waals surface area contributed by atoms with Crippen LogP contribution >= 0.6 is 0 Å². The van der Waals surface area contributed by atoms with E-state index in [0.29, 0.717) is 11.1 Å². The lowest BCUT2D eigenvalue weighted by atomic mass is 9.75. The number of rotatable bonds is 3. The minimum atomic E-state index is -0.0910. The Kier molecular flexibility index (Phi) is 3.96. The molecular formula is C17H22N4O. The molecule has 1 saturated carbocycles. The lowest BCUT2D eigenvalue weighted by Crippen LogP contribution is -2.39. The van der Waals surface area contributed by atoms with Crippen molar-refractivity contribution in [1.82, 2.24) is 19.9 Å². The zero-order valence-electron chi connectivity index (χ0n) is 13.1. The number of carbonyl (C=O) groups excluding carboxylic acids is 1. The van der Waals surface area contributed by atoms with Crippen LogP contribution in [0, 0.1) is 5.41 Å². The van der Waals surface area contributed by atoms with Crippen molar-refractivity contribution in [1.29, 1.82) is 0 Å². The maximum Gasteiger partial charge on any atom is 0.270 e. The zero-order valence-corrected chi connectivity index (χ0v) is 13.1. The van der Waals surface area contributed by atoms with E-state index < -0.39 is 0 Å². The zero-order chi connectivity index (χ0) is 15.6. The summed E-state index contributed by atoms with van der Waals surface area (Å²) in [5.74, 6) is -0.0910. The van der Waals surface area contributed by atoms with E-state index in [1.807, 2.05) is 16.8 Å². The molecular weight excluding hydrogens is 276 g/mol. The fraction of sp³-hybridized carbons (Fsp3) is 0.471. The molecule has 0 bridgehead atoms. The quantitative estimate of drug-likeness (QED) is 0.947. The van der Waals surface area contributed by atoms with Gasteiger partial charge in [0, 0.05) is 24.6 Å².